The smallest absolute Gasteiger partial charge is 0.163 e. The maximum Gasteiger partial charge on any atom is 0.163 e. The van der Waals surface area contributed by atoms with E-state index in [1.54, 1.807) is 12.1 Å². The molecule has 0 aliphatic carbocycles. The summed E-state index contributed by atoms with van der Waals surface area (Å²) in [7, 11) is 0. The summed E-state index contributed by atoms with van der Waals surface area (Å²) in [5.74, 6) is 0.272. The molecular weight excluding hydrogens is 339 g/mol. The van der Waals surface area contributed by atoms with E-state index in [4.69, 9.17) is 0 Å². The minimum absolute atomic E-state index is 0.132. The molecule has 4 heteroatoms. The Morgan fingerprint density at radius 1 is 1.07 bits per heavy atom. The Morgan fingerprint density at radius 3 is 2.59 bits per heavy atom. The molecule has 1 fully saturated rings. The van der Waals surface area contributed by atoms with Gasteiger partial charge in [0, 0.05) is 35.6 Å². The van der Waals surface area contributed by atoms with Gasteiger partial charge in [-0.1, -0.05) is 18.2 Å². The van der Waals surface area contributed by atoms with Crippen LogP contribution in [-0.2, 0) is 6.42 Å². The number of para-hydroxylation sites is 1. The van der Waals surface area contributed by atoms with Crippen LogP contribution in [0.25, 0.3) is 10.9 Å². The van der Waals surface area contributed by atoms with Gasteiger partial charge in [-0.15, -0.1) is 0 Å². The van der Waals surface area contributed by atoms with E-state index in [1.165, 1.54) is 28.6 Å². The molecule has 0 unspecified atom stereocenters. The first kappa shape index (κ1) is 17.9. The average Bonchev–Trinajstić information content (AvgIpc) is 3.11. The lowest BCUT2D eigenvalue weighted by atomic mass is 9.89. The Balaban J connectivity index is 1.25. The summed E-state index contributed by atoms with van der Waals surface area (Å²) >= 11 is 0. The number of carbonyl (C=O) groups is 1. The van der Waals surface area contributed by atoms with Crippen molar-refractivity contribution in [1.82, 2.24) is 9.88 Å². The fourth-order valence-corrected chi connectivity index (χ4v) is 4.05. The zero-order valence-electron chi connectivity index (χ0n) is 15.5. The lowest BCUT2D eigenvalue weighted by Crippen LogP contribution is -2.35. The molecule has 1 aromatic heterocycles. The third-order valence-electron chi connectivity index (χ3n) is 5.72. The molecule has 0 amide bonds. The minimum Gasteiger partial charge on any atom is -0.361 e. The summed E-state index contributed by atoms with van der Waals surface area (Å²) in [4.78, 5) is 18.2. The van der Waals surface area contributed by atoms with Crippen molar-refractivity contribution in [2.24, 2.45) is 5.92 Å². The van der Waals surface area contributed by atoms with Gasteiger partial charge in [-0.25, -0.2) is 4.39 Å². The van der Waals surface area contributed by atoms with E-state index in [0.717, 1.165) is 38.9 Å². The van der Waals surface area contributed by atoms with E-state index in [2.05, 4.69) is 40.3 Å². The molecule has 3 nitrogen and oxygen atoms in total. The number of nitrogens with one attached hydrogen (secondary N) is 1. The number of H-pyrrole nitrogens is 1. The number of benzene rings is 2. The second kappa shape index (κ2) is 8.05. The quantitative estimate of drug-likeness (QED) is 0.636. The summed E-state index contributed by atoms with van der Waals surface area (Å²) in [6, 6.07) is 14.3. The third kappa shape index (κ3) is 4.28. The SMILES string of the molecule is O=C(CC1CCN(CCc2c[nH]c3ccccc23)CC1)c1ccc(F)cc1. The van der Waals surface area contributed by atoms with Crippen LogP contribution in [0.1, 0.15) is 35.2 Å². The highest BCUT2D eigenvalue weighted by Crippen LogP contribution is 2.24. The van der Waals surface area contributed by atoms with E-state index in [9.17, 15) is 9.18 Å². The molecule has 1 aliphatic heterocycles. The fraction of sp³-hybridized carbons (Fsp3) is 0.348. The van der Waals surface area contributed by atoms with Gasteiger partial charge in [0.25, 0.3) is 0 Å². The fourth-order valence-electron chi connectivity index (χ4n) is 4.05. The molecule has 3 aromatic rings. The summed E-state index contributed by atoms with van der Waals surface area (Å²) < 4.78 is 13.0. The molecule has 140 valence electrons. The molecule has 0 saturated carbocycles. The highest BCUT2D eigenvalue weighted by molar-refractivity contribution is 5.96. The number of ketones is 1. The molecule has 0 spiro atoms. The van der Waals surface area contributed by atoms with Gasteiger partial charge in [-0.05, 0) is 74.2 Å². The van der Waals surface area contributed by atoms with Crippen LogP contribution in [-0.4, -0.2) is 35.3 Å². The Morgan fingerprint density at radius 2 is 1.81 bits per heavy atom. The molecule has 1 saturated heterocycles. The van der Waals surface area contributed by atoms with E-state index in [-0.39, 0.29) is 11.6 Å². The molecule has 2 heterocycles. The molecule has 1 aliphatic rings. The van der Waals surface area contributed by atoms with Crippen molar-refractivity contribution in [1.29, 1.82) is 0 Å². The van der Waals surface area contributed by atoms with E-state index in [0.29, 0.717) is 17.9 Å². The van der Waals surface area contributed by atoms with Crippen LogP contribution in [0.5, 0.6) is 0 Å². The van der Waals surface area contributed by atoms with Gasteiger partial charge in [-0.2, -0.15) is 0 Å². The van der Waals surface area contributed by atoms with Gasteiger partial charge in [0.15, 0.2) is 5.78 Å². The van der Waals surface area contributed by atoms with Crippen molar-refractivity contribution in [3.8, 4) is 0 Å². The van der Waals surface area contributed by atoms with Crippen molar-refractivity contribution in [3.05, 3.63) is 71.7 Å². The number of carbonyl (C=O) groups excluding carboxylic acids is 1. The van der Waals surface area contributed by atoms with Crippen molar-refractivity contribution < 1.29 is 9.18 Å². The van der Waals surface area contributed by atoms with Gasteiger partial charge >= 0.3 is 0 Å². The Labute approximate surface area is 159 Å². The molecule has 2 aromatic carbocycles. The summed E-state index contributed by atoms with van der Waals surface area (Å²) in [6.07, 6.45) is 5.85. The molecule has 4 rings (SSSR count). The molecule has 0 atom stereocenters. The lowest BCUT2D eigenvalue weighted by Gasteiger charge is -2.31. The monoisotopic (exact) mass is 364 g/mol. The van der Waals surface area contributed by atoms with Crippen LogP contribution < -0.4 is 0 Å². The summed E-state index contributed by atoms with van der Waals surface area (Å²) in [5.41, 5.74) is 3.20. The second-order valence-corrected chi connectivity index (χ2v) is 7.53. The Hall–Kier alpha value is -2.46. The second-order valence-electron chi connectivity index (χ2n) is 7.53. The first-order valence-electron chi connectivity index (χ1n) is 9.75. The zero-order valence-corrected chi connectivity index (χ0v) is 15.5. The van der Waals surface area contributed by atoms with E-state index < -0.39 is 0 Å². The first-order valence-corrected chi connectivity index (χ1v) is 9.75. The van der Waals surface area contributed by atoms with Crippen LogP contribution in [0.4, 0.5) is 4.39 Å². The average molecular weight is 364 g/mol. The minimum atomic E-state index is -0.296. The predicted octanol–water partition coefficient (Wildman–Crippen LogP) is 4.83. The van der Waals surface area contributed by atoms with Crippen LogP contribution in [0, 0.1) is 11.7 Å². The summed E-state index contributed by atoms with van der Waals surface area (Å²) in [6.45, 7) is 3.15. The maximum absolute atomic E-state index is 13.0. The van der Waals surface area contributed by atoms with Crippen molar-refractivity contribution in [3.63, 3.8) is 0 Å². The van der Waals surface area contributed by atoms with Gasteiger partial charge in [-0.3, -0.25) is 4.79 Å². The number of fused-ring (bicyclic) bond motifs is 1. The maximum atomic E-state index is 13.0. The number of rotatable bonds is 6. The van der Waals surface area contributed by atoms with Crippen molar-refractivity contribution in [2.75, 3.05) is 19.6 Å². The number of likely N-dealkylation sites (tertiary alicyclic amines) is 1. The van der Waals surface area contributed by atoms with E-state index in [1.807, 2.05) is 0 Å². The third-order valence-corrected chi connectivity index (χ3v) is 5.72. The number of piperidine rings is 1. The number of halogens is 1. The van der Waals surface area contributed by atoms with Crippen LogP contribution in [0.2, 0.25) is 0 Å². The van der Waals surface area contributed by atoms with Gasteiger partial charge in [0.2, 0.25) is 0 Å². The predicted molar refractivity (Wildman–Crippen MR) is 107 cm³/mol. The number of Topliss-reactive ketones (excluding diaryl/α,β-unsaturated/α-hetero) is 1. The highest BCUT2D eigenvalue weighted by Gasteiger charge is 2.22. The standard InChI is InChI=1S/C23H25FN2O/c24-20-7-5-18(6-8-20)23(27)15-17-9-12-26(13-10-17)14-11-19-16-25-22-4-2-1-3-21(19)22/h1-8,16-17,25H,9-15H2. The zero-order chi connectivity index (χ0) is 18.6. The largest absolute Gasteiger partial charge is 0.361 e. The molecule has 0 bridgehead atoms. The Bertz CT molecular complexity index is 908. The number of hydrogen-bond acceptors (Lipinski definition) is 2. The topological polar surface area (TPSA) is 36.1 Å². The summed E-state index contributed by atoms with van der Waals surface area (Å²) in [5, 5.41) is 1.32. The van der Waals surface area contributed by atoms with Crippen molar-refractivity contribution >= 4 is 16.7 Å². The lowest BCUT2D eigenvalue weighted by molar-refractivity contribution is 0.0928. The van der Waals surface area contributed by atoms with Gasteiger partial charge < -0.3 is 9.88 Å². The van der Waals surface area contributed by atoms with Crippen LogP contribution >= 0.6 is 0 Å². The van der Waals surface area contributed by atoms with E-state index >= 15 is 0 Å². The van der Waals surface area contributed by atoms with Crippen LogP contribution in [0.15, 0.2) is 54.7 Å². The number of nitrogens with zero attached hydrogens (tertiary/aromatic N) is 1. The normalized spacial score (nSPS) is 16.0. The number of hydrogen-bond donors (Lipinski definition) is 1. The number of aromatic nitrogens is 1. The Kier molecular flexibility index (Phi) is 5.35. The molecular formula is C23H25FN2O. The molecule has 0 radical (unpaired) electrons. The first-order chi connectivity index (χ1) is 13.2. The molecule has 27 heavy (non-hydrogen) atoms. The van der Waals surface area contributed by atoms with Gasteiger partial charge in [0.1, 0.15) is 5.82 Å². The number of aromatic amines is 1. The van der Waals surface area contributed by atoms with Gasteiger partial charge in [0.05, 0.1) is 0 Å². The molecule has 1 N–H and O–H groups in total. The van der Waals surface area contributed by atoms with Crippen molar-refractivity contribution in [2.45, 2.75) is 25.7 Å². The highest BCUT2D eigenvalue weighted by atomic mass is 19.1. The van der Waals surface area contributed by atoms with Crippen LogP contribution in [0.3, 0.4) is 0 Å².